The van der Waals surface area contributed by atoms with Gasteiger partial charge in [-0.1, -0.05) is 31.2 Å². The normalized spacial score (nSPS) is 18.7. The largest absolute Gasteiger partial charge is 0.444 e. The van der Waals surface area contributed by atoms with E-state index in [9.17, 15) is 10.1 Å². The SMILES string of the molecule is CC1CN(c2ccc(C#N)n3nccc23)Cc2ccc(N3CCN(Cc4ccc5c(c4)CN(C(=O)OC(C)(C)C)CC5)CC3)nc21. The van der Waals surface area contributed by atoms with Crippen LogP contribution in [0.1, 0.15) is 67.3 Å². The minimum Gasteiger partial charge on any atom is -0.444 e. The predicted molar refractivity (Wildman–Crippen MR) is 178 cm³/mol. The molecule has 1 unspecified atom stereocenters. The zero-order valence-electron chi connectivity index (χ0n) is 27.2. The van der Waals surface area contributed by atoms with Gasteiger partial charge in [-0.05, 0) is 73.7 Å². The maximum Gasteiger partial charge on any atom is 0.410 e. The lowest BCUT2D eigenvalue weighted by atomic mass is 9.95. The number of carbonyl (C=O) groups is 1. The van der Waals surface area contributed by atoms with E-state index in [2.05, 4.69) is 63.1 Å². The van der Waals surface area contributed by atoms with Crippen molar-refractivity contribution in [1.29, 1.82) is 5.26 Å². The van der Waals surface area contributed by atoms with Crippen molar-refractivity contribution in [2.45, 2.75) is 65.3 Å². The molecule has 1 amide bonds. The van der Waals surface area contributed by atoms with E-state index in [0.717, 1.165) is 69.3 Å². The second kappa shape index (κ2) is 12.0. The van der Waals surface area contributed by atoms with Gasteiger partial charge in [0.2, 0.25) is 0 Å². The number of fused-ring (bicyclic) bond motifs is 3. The molecule has 46 heavy (non-hydrogen) atoms. The molecule has 10 heteroatoms. The first kappa shape index (κ1) is 30.1. The molecule has 3 aromatic heterocycles. The van der Waals surface area contributed by atoms with E-state index in [1.807, 2.05) is 43.9 Å². The number of piperazine rings is 1. The van der Waals surface area contributed by atoms with Crippen molar-refractivity contribution in [3.05, 3.63) is 88.4 Å². The topological polar surface area (TPSA) is 93.2 Å². The first-order valence-electron chi connectivity index (χ1n) is 16.3. The third-order valence-corrected chi connectivity index (χ3v) is 9.34. The fourth-order valence-corrected chi connectivity index (χ4v) is 7.04. The van der Waals surface area contributed by atoms with E-state index < -0.39 is 5.60 Å². The summed E-state index contributed by atoms with van der Waals surface area (Å²) in [5, 5.41) is 13.8. The second-order valence-electron chi connectivity index (χ2n) is 13.9. The molecule has 238 valence electrons. The van der Waals surface area contributed by atoms with E-state index in [0.29, 0.717) is 18.8 Å². The van der Waals surface area contributed by atoms with Crippen LogP contribution in [0.5, 0.6) is 0 Å². The van der Waals surface area contributed by atoms with E-state index in [1.54, 1.807) is 10.7 Å². The molecule has 0 saturated carbocycles. The lowest BCUT2D eigenvalue weighted by molar-refractivity contribution is 0.0224. The summed E-state index contributed by atoms with van der Waals surface area (Å²) >= 11 is 0. The maximum absolute atomic E-state index is 12.7. The molecule has 0 bridgehead atoms. The van der Waals surface area contributed by atoms with Crippen LogP contribution in [0.15, 0.2) is 54.7 Å². The van der Waals surface area contributed by atoms with Crippen LogP contribution in [0.3, 0.4) is 0 Å². The summed E-state index contributed by atoms with van der Waals surface area (Å²) in [4.78, 5) is 27.0. The van der Waals surface area contributed by atoms with Gasteiger partial charge in [0.15, 0.2) is 0 Å². The van der Waals surface area contributed by atoms with Gasteiger partial charge in [0.05, 0.1) is 23.1 Å². The number of ether oxygens (including phenoxy) is 1. The average molecular weight is 619 g/mol. The van der Waals surface area contributed by atoms with Gasteiger partial charge < -0.3 is 19.4 Å². The van der Waals surface area contributed by atoms with Gasteiger partial charge in [-0.3, -0.25) is 4.90 Å². The van der Waals surface area contributed by atoms with E-state index in [-0.39, 0.29) is 12.0 Å². The molecule has 1 fully saturated rings. The Hall–Kier alpha value is -4.62. The smallest absolute Gasteiger partial charge is 0.410 e. The van der Waals surface area contributed by atoms with E-state index >= 15 is 0 Å². The highest BCUT2D eigenvalue weighted by molar-refractivity contribution is 5.74. The molecule has 1 saturated heterocycles. The van der Waals surface area contributed by atoms with Gasteiger partial charge >= 0.3 is 6.09 Å². The predicted octanol–water partition coefficient (Wildman–Crippen LogP) is 5.34. The molecule has 3 aliphatic heterocycles. The number of amides is 1. The first-order chi connectivity index (χ1) is 22.1. The van der Waals surface area contributed by atoms with Gasteiger partial charge in [0, 0.05) is 64.8 Å². The van der Waals surface area contributed by atoms with Crippen LogP contribution in [-0.2, 0) is 30.8 Å². The third-order valence-electron chi connectivity index (χ3n) is 9.34. The van der Waals surface area contributed by atoms with Gasteiger partial charge in [-0.25, -0.2) is 14.3 Å². The quantitative estimate of drug-likeness (QED) is 0.303. The van der Waals surface area contributed by atoms with Crippen LogP contribution < -0.4 is 9.80 Å². The molecule has 0 radical (unpaired) electrons. The number of pyridine rings is 2. The van der Waals surface area contributed by atoms with Crippen molar-refractivity contribution in [1.82, 2.24) is 24.4 Å². The van der Waals surface area contributed by atoms with Crippen molar-refractivity contribution in [2.75, 3.05) is 49.1 Å². The number of carbonyl (C=O) groups excluding carboxylic acids is 1. The molecule has 0 spiro atoms. The number of hydrogen-bond acceptors (Lipinski definition) is 8. The van der Waals surface area contributed by atoms with Crippen LogP contribution in [0.4, 0.5) is 16.3 Å². The number of nitrogens with zero attached hydrogens (tertiary/aromatic N) is 8. The number of aromatic nitrogens is 3. The third kappa shape index (κ3) is 5.99. The molecular weight excluding hydrogens is 576 g/mol. The Morgan fingerprint density at radius 3 is 2.54 bits per heavy atom. The monoisotopic (exact) mass is 618 g/mol. The van der Waals surface area contributed by atoms with Crippen LogP contribution in [0.2, 0.25) is 0 Å². The van der Waals surface area contributed by atoms with Gasteiger partial charge in [0.25, 0.3) is 0 Å². The number of nitriles is 1. The Bertz CT molecular complexity index is 1810. The summed E-state index contributed by atoms with van der Waals surface area (Å²) < 4.78 is 7.35. The highest BCUT2D eigenvalue weighted by atomic mass is 16.6. The average Bonchev–Trinajstić information content (AvgIpc) is 3.54. The molecule has 1 atom stereocenters. The number of benzene rings is 1. The molecule has 10 nitrogen and oxygen atoms in total. The van der Waals surface area contributed by atoms with Crippen molar-refractivity contribution in [3.8, 4) is 6.07 Å². The Kier molecular flexibility index (Phi) is 7.81. The van der Waals surface area contributed by atoms with E-state index in [1.165, 1.54) is 27.9 Å². The zero-order valence-corrected chi connectivity index (χ0v) is 27.2. The highest BCUT2D eigenvalue weighted by Gasteiger charge is 2.28. The van der Waals surface area contributed by atoms with Crippen molar-refractivity contribution < 1.29 is 9.53 Å². The lowest BCUT2D eigenvalue weighted by Crippen LogP contribution is -2.46. The van der Waals surface area contributed by atoms with Crippen LogP contribution in [0.25, 0.3) is 5.52 Å². The van der Waals surface area contributed by atoms with Crippen molar-refractivity contribution >= 4 is 23.1 Å². The summed E-state index contributed by atoms with van der Waals surface area (Å²) in [6.07, 6.45) is 2.38. The van der Waals surface area contributed by atoms with Gasteiger partial charge in [-0.2, -0.15) is 10.4 Å². The highest BCUT2D eigenvalue weighted by Crippen LogP contribution is 2.34. The molecule has 4 aromatic rings. The molecule has 0 N–H and O–H groups in total. The van der Waals surface area contributed by atoms with Crippen LogP contribution >= 0.6 is 0 Å². The Balaban J connectivity index is 0.975. The summed E-state index contributed by atoms with van der Waals surface area (Å²) in [7, 11) is 0. The van der Waals surface area contributed by atoms with Crippen molar-refractivity contribution in [3.63, 3.8) is 0 Å². The lowest BCUT2D eigenvalue weighted by Gasteiger charge is -2.38. The summed E-state index contributed by atoms with van der Waals surface area (Å²) in [6.45, 7) is 15.7. The molecule has 3 aliphatic rings. The molecule has 7 rings (SSSR count). The van der Waals surface area contributed by atoms with Crippen molar-refractivity contribution in [2.24, 2.45) is 0 Å². The van der Waals surface area contributed by atoms with Gasteiger partial charge in [-0.15, -0.1) is 0 Å². The number of hydrogen-bond donors (Lipinski definition) is 0. The summed E-state index contributed by atoms with van der Waals surface area (Å²) in [6, 6.07) is 19.3. The fourth-order valence-electron chi connectivity index (χ4n) is 7.04. The summed E-state index contributed by atoms with van der Waals surface area (Å²) in [5.74, 6) is 1.34. The number of anilines is 2. The van der Waals surface area contributed by atoms with Gasteiger partial charge in [0.1, 0.15) is 23.2 Å². The molecule has 0 aliphatic carbocycles. The minimum absolute atomic E-state index is 0.232. The number of rotatable bonds is 4. The Morgan fingerprint density at radius 1 is 0.957 bits per heavy atom. The minimum atomic E-state index is -0.489. The molecular formula is C36H42N8O2. The first-order valence-corrected chi connectivity index (χ1v) is 16.3. The second-order valence-corrected chi connectivity index (χ2v) is 13.9. The molecule has 1 aromatic carbocycles. The standard InChI is InChI=1S/C36H42N8O2/c1-25-21-43(31-9-8-30(20-37)44-32(31)11-13-38-44)23-28-7-10-33(39-34(25)28)41-17-15-40(16-18-41)22-26-5-6-27-12-14-42(24-29(27)19-26)35(45)46-36(2,3)4/h5-11,13,19,25H,12,14-18,21-24H2,1-4H3. The summed E-state index contributed by atoms with van der Waals surface area (Å²) in [5.41, 5.74) is 8.38. The molecule has 6 heterocycles. The van der Waals surface area contributed by atoms with E-state index in [4.69, 9.17) is 9.72 Å². The zero-order chi connectivity index (χ0) is 32.0. The Morgan fingerprint density at radius 2 is 1.76 bits per heavy atom. The Labute approximate surface area is 270 Å². The van der Waals surface area contributed by atoms with Crippen LogP contribution in [-0.4, -0.2) is 75.4 Å². The van der Waals surface area contributed by atoms with Crippen LogP contribution in [0, 0.1) is 11.3 Å². The fraction of sp³-hybridized carbons (Fsp3) is 0.444. The maximum atomic E-state index is 12.7.